The second kappa shape index (κ2) is 6.50. The number of hydrogen-bond donors (Lipinski definition) is 1. The molecule has 0 unspecified atom stereocenters. The van der Waals surface area contributed by atoms with E-state index in [0.29, 0.717) is 23.0 Å². The molecule has 2 aromatic rings. The van der Waals surface area contributed by atoms with Crippen molar-refractivity contribution in [3.05, 3.63) is 29.3 Å². The standard InChI is InChI=1S/C14H17N5OS/c1-9(2)19-13(16)17-18-14(19)21-8-10-4-5-12(20-3)11(6-10)7-15/h4-6,9H,8H2,1-3H3,(H2,16,17). The third kappa shape index (κ3) is 3.28. The molecule has 2 N–H and O–H groups in total. The number of anilines is 1. The van der Waals surface area contributed by atoms with Gasteiger partial charge >= 0.3 is 0 Å². The predicted octanol–water partition coefficient (Wildman–Crippen LogP) is 2.61. The van der Waals surface area contributed by atoms with Gasteiger partial charge in [0.2, 0.25) is 5.95 Å². The molecule has 0 aliphatic carbocycles. The van der Waals surface area contributed by atoms with E-state index < -0.39 is 0 Å². The van der Waals surface area contributed by atoms with Crippen LogP contribution in [-0.4, -0.2) is 21.9 Å². The molecule has 1 aromatic carbocycles. The van der Waals surface area contributed by atoms with Crippen LogP contribution >= 0.6 is 11.8 Å². The Hall–Kier alpha value is -2.20. The van der Waals surface area contributed by atoms with Gasteiger partial charge in [0.15, 0.2) is 5.16 Å². The van der Waals surface area contributed by atoms with Crippen LogP contribution in [0.2, 0.25) is 0 Å². The van der Waals surface area contributed by atoms with Crippen LogP contribution in [0.1, 0.15) is 31.0 Å². The fourth-order valence-electron chi connectivity index (χ4n) is 1.95. The summed E-state index contributed by atoms with van der Waals surface area (Å²) in [6, 6.07) is 7.90. The minimum Gasteiger partial charge on any atom is -0.495 e. The highest BCUT2D eigenvalue weighted by molar-refractivity contribution is 7.98. The molecular formula is C14H17N5OS. The van der Waals surface area contributed by atoms with Crippen molar-refractivity contribution in [2.24, 2.45) is 0 Å². The molecule has 0 saturated heterocycles. The van der Waals surface area contributed by atoms with Crippen LogP contribution in [0.3, 0.4) is 0 Å². The number of methoxy groups -OCH3 is 1. The Labute approximate surface area is 127 Å². The maximum absolute atomic E-state index is 9.10. The summed E-state index contributed by atoms with van der Waals surface area (Å²) in [4.78, 5) is 0. The van der Waals surface area contributed by atoms with Crippen LogP contribution in [0.5, 0.6) is 5.75 Å². The summed E-state index contributed by atoms with van der Waals surface area (Å²) >= 11 is 1.54. The van der Waals surface area contributed by atoms with Gasteiger partial charge in [-0.05, 0) is 31.5 Å². The largest absolute Gasteiger partial charge is 0.495 e. The number of thioether (sulfide) groups is 1. The van der Waals surface area contributed by atoms with Crippen molar-refractivity contribution < 1.29 is 4.74 Å². The minimum atomic E-state index is 0.202. The van der Waals surface area contributed by atoms with E-state index in [9.17, 15) is 0 Å². The van der Waals surface area contributed by atoms with E-state index in [-0.39, 0.29) is 6.04 Å². The molecule has 2 rings (SSSR count). The maximum Gasteiger partial charge on any atom is 0.222 e. The number of nitriles is 1. The first-order valence-corrected chi connectivity index (χ1v) is 7.45. The zero-order chi connectivity index (χ0) is 15.4. The molecule has 0 spiro atoms. The van der Waals surface area contributed by atoms with Crippen molar-refractivity contribution in [1.82, 2.24) is 14.8 Å². The van der Waals surface area contributed by atoms with Crippen molar-refractivity contribution in [2.75, 3.05) is 12.8 Å². The van der Waals surface area contributed by atoms with E-state index in [4.69, 9.17) is 15.7 Å². The summed E-state index contributed by atoms with van der Waals surface area (Å²) in [6.07, 6.45) is 0. The third-order valence-corrected chi connectivity index (χ3v) is 3.97. The van der Waals surface area contributed by atoms with Crippen LogP contribution in [0.15, 0.2) is 23.4 Å². The molecule has 0 bridgehead atoms. The summed E-state index contributed by atoms with van der Waals surface area (Å²) in [7, 11) is 1.55. The summed E-state index contributed by atoms with van der Waals surface area (Å²) < 4.78 is 7.02. The molecule has 0 aliphatic heterocycles. The monoisotopic (exact) mass is 303 g/mol. The lowest BCUT2D eigenvalue weighted by Gasteiger charge is -2.11. The Morgan fingerprint density at radius 1 is 1.43 bits per heavy atom. The van der Waals surface area contributed by atoms with Gasteiger partial charge in [0.05, 0.1) is 12.7 Å². The van der Waals surface area contributed by atoms with E-state index in [2.05, 4.69) is 16.3 Å². The lowest BCUT2D eigenvalue weighted by atomic mass is 10.1. The van der Waals surface area contributed by atoms with Crippen molar-refractivity contribution in [3.8, 4) is 11.8 Å². The molecule has 0 aliphatic rings. The number of ether oxygens (including phenoxy) is 1. The average Bonchev–Trinajstić information content (AvgIpc) is 2.85. The Kier molecular flexibility index (Phi) is 4.70. The smallest absolute Gasteiger partial charge is 0.222 e. The fourth-order valence-corrected chi connectivity index (χ4v) is 2.97. The van der Waals surface area contributed by atoms with Gasteiger partial charge in [-0.15, -0.1) is 10.2 Å². The van der Waals surface area contributed by atoms with Crippen molar-refractivity contribution in [2.45, 2.75) is 30.8 Å². The normalized spacial score (nSPS) is 10.6. The molecule has 0 amide bonds. The van der Waals surface area contributed by atoms with Crippen LogP contribution in [0.4, 0.5) is 5.95 Å². The first-order valence-electron chi connectivity index (χ1n) is 6.47. The molecule has 0 atom stereocenters. The number of nitrogens with zero attached hydrogens (tertiary/aromatic N) is 4. The highest BCUT2D eigenvalue weighted by atomic mass is 32.2. The molecule has 0 fully saturated rings. The molecule has 0 radical (unpaired) electrons. The number of benzene rings is 1. The van der Waals surface area contributed by atoms with Gasteiger partial charge in [-0.25, -0.2) is 0 Å². The van der Waals surface area contributed by atoms with Crippen LogP contribution in [0.25, 0.3) is 0 Å². The third-order valence-electron chi connectivity index (χ3n) is 2.96. The molecule has 7 heteroatoms. The van der Waals surface area contributed by atoms with Crippen molar-refractivity contribution in [3.63, 3.8) is 0 Å². The van der Waals surface area contributed by atoms with Crippen LogP contribution in [0, 0.1) is 11.3 Å². The lowest BCUT2D eigenvalue weighted by Crippen LogP contribution is -2.07. The Bertz CT molecular complexity index is 674. The molecule has 1 heterocycles. The van der Waals surface area contributed by atoms with Gasteiger partial charge in [0, 0.05) is 11.8 Å². The molecule has 6 nitrogen and oxygen atoms in total. The zero-order valence-corrected chi connectivity index (χ0v) is 13.0. The molecule has 110 valence electrons. The highest BCUT2D eigenvalue weighted by Gasteiger charge is 2.13. The number of nitrogens with two attached hydrogens (primary N) is 1. The minimum absolute atomic E-state index is 0.202. The van der Waals surface area contributed by atoms with Crippen LogP contribution < -0.4 is 10.5 Å². The summed E-state index contributed by atoms with van der Waals surface area (Å²) in [5.41, 5.74) is 7.36. The lowest BCUT2D eigenvalue weighted by molar-refractivity contribution is 0.413. The van der Waals surface area contributed by atoms with E-state index in [0.717, 1.165) is 10.7 Å². The van der Waals surface area contributed by atoms with Gasteiger partial charge < -0.3 is 10.5 Å². The number of aromatic nitrogens is 3. The molecular weight excluding hydrogens is 286 g/mol. The molecule has 21 heavy (non-hydrogen) atoms. The molecule has 1 aromatic heterocycles. The summed E-state index contributed by atoms with van der Waals surface area (Å²) in [5, 5.41) is 17.9. The van der Waals surface area contributed by atoms with E-state index >= 15 is 0 Å². The quantitative estimate of drug-likeness (QED) is 0.854. The van der Waals surface area contributed by atoms with Gasteiger partial charge in [-0.2, -0.15) is 5.26 Å². The second-order valence-electron chi connectivity index (χ2n) is 4.74. The van der Waals surface area contributed by atoms with Crippen molar-refractivity contribution >= 4 is 17.7 Å². The second-order valence-corrected chi connectivity index (χ2v) is 5.68. The summed E-state index contributed by atoms with van der Waals surface area (Å²) in [5.74, 6) is 1.68. The first kappa shape index (κ1) is 15.2. The first-order chi connectivity index (χ1) is 10.1. The van der Waals surface area contributed by atoms with E-state index in [1.54, 1.807) is 24.9 Å². The Morgan fingerprint density at radius 3 is 2.81 bits per heavy atom. The number of rotatable bonds is 5. The topological polar surface area (TPSA) is 89.8 Å². The van der Waals surface area contributed by atoms with E-state index in [1.807, 2.05) is 30.5 Å². The maximum atomic E-state index is 9.10. The van der Waals surface area contributed by atoms with Gasteiger partial charge in [-0.3, -0.25) is 4.57 Å². The molecule has 0 saturated carbocycles. The Balaban J connectivity index is 2.16. The van der Waals surface area contributed by atoms with Gasteiger partial charge in [0.25, 0.3) is 0 Å². The number of hydrogen-bond acceptors (Lipinski definition) is 6. The zero-order valence-electron chi connectivity index (χ0n) is 12.2. The highest BCUT2D eigenvalue weighted by Crippen LogP contribution is 2.27. The summed E-state index contributed by atoms with van der Waals surface area (Å²) in [6.45, 7) is 4.07. The predicted molar refractivity (Wildman–Crippen MR) is 82.1 cm³/mol. The Morgan fingerprint density at radius 2 is 2.19 bits per heavy atom. The van der Waals surface area contributed by atoms with Gasteiger partial charge in [0.1, 0.15) is 11.8 Å². The SMILES string of the molecule is COc1ccc(CSc2nnc(N)n2C(C)C)cc1C#N. The van der Waals surface area contributed by atoms with Gasteiger partial charge in [-0.1, -0.05) is 17.8 Å². The average molecular weight is 303 g/mol. The van der Waals surface area contributed by atoms with E-state index in [1.165, 1.54) is 0 Å². The number of nitrogen functional groups attached to an aromatic ring is 1. The fraction of sp³-hybridized carbons (Fsp3) is 0.357. The van der Waals surface area contributed by atoms with Crippen molar-refractivity contribution in [1.29, 1.82) is 5.26 Å². The van der Waals surface area contributed by atoms with Crippen LogP contribution in [-0.2, 0) is 5.75 Å².